The van der Waals surface area contributed by atoms with Crippen LogP contribution < -0.4 is 5.32 Å². The lowest BCUT2D eigenvalue weighted by molar-refractivity contribution is 0.00652. The van der Waals surface area contributed by atoms with Crippen LogP contribution >= 0.6 is 0 Å². The van der Waals surface area contributed by atoms with Gasteiger partial charge in [0.15, 0.2) is 0 Å². The molecule has 0 aromatic heterocycles. The van der Waals surface area contributed by atoms with E-state index in [2.05, 4.69) is 17.4 Å². The summed E-state index contributed by atoms with van der Waals surface area (Å²) in [6.45, 7) is 6.98. The van der Waals surface area contributed by atoms with E-state index in [1.807, 2.05) is 43.9 Å². The highest BCUT2D eigenvalue weighted by Gasteiger charge is 2.34. The smallest absolute Gasteiger partial charge is 0.410 e. The van der Waals surface area contributed by atoms with Gasteiger partial charge in [0, 0.05) is 19.1 Å². The number of hydrogen-bond acceptors (Lipinski definition) is 3. The number of nitrogens with zero attached hydrogens (tertiary/aromatic N) is 1. The molecular formula is C23H29FN2O2. The zero-order valence-corrected chi connectivity index (χ0v) is 16.8. The van der Waals surface area contributed by atoms with Gasteiger partial charge in [-0.2, -0.15) is 0 Å². The molecule has 3 rings (SSSR count). The van der Waals surface area contributed by atoms with Crippen LogP contribution in [0.1, 0.15) is 50.8 Å². The second-order valence-electron chi connectivity index (χ2n) is 8.33. The Balaban J connectivity index is 1.69. The van der Waals surface area contributed by atoms with Gasteiger partial charge >= 0.3 is 6.09 Å². The van der Waals surface area contributed by atoms with Crippen molar-refractivity contribution in [2.75, 3.05) is 6.54 Å². The first kappa shape index (κ1) is 20.3. The van der Waals surface area contributed by atoms with Gasteiger partial charge in [-0.15, -0.1) is 0 Å². The second-order valence-corrected chi connectivity index (χ2v) is 8.33. The molecule has 1 fully saturated rings. The SMILES string of the molecule is CC(C)(C)OC(=O)N1CC[C@H](NCc2ccc(F)cc2)C[C@@H]1c1ccccc1. The predicted molar refractivity (Wildman–Crippen MR) is 108 cm³/mol. The molecule has 28 heavy (non-hydrogen) atoms. The largest absolute Gasteiger partial charge is 0.444 e. The average Bonchev–Trinajstić information content (AvgIpc) is 2.67. The fourth-order valence-corrected chi connectivity index (χ4v) is 3.55. The van der Waals surface area contributed by atoms with Gasteiger partial charge in [0.05, 0.1) is 6.04 Å². The number of likely N-dealkylation sites (tertiary alicyclic amines) is 1. The van der Waals surface area contributed by atoms with Gasteiger partial charge in [0.2, 0.25) is 0 Å². The van der Waals surface area contributed by atoms with Crippen LogP contribution in [0.25, 0.3) is 0 Å². The summed E-state index contributed by atoms with van der Waals surface area (Å²) in [5, 5.41) is 3.56. The predicted octanol–water partition coefficient (Wildman–Crippen LogP) is 5.06. The fourth-order valence-electron chi connectivity index (χ4n) is 3.55. The molecule has 2 atom stereocenters. The normalized spacial score (nSPS) is 20.1. The van der Waals surface area contributed by atoms with Crippen LogP contribution in [0.2, 0.25) is 0 Å². The number of piperidine rings is 1. The van der Waals surface area contributed by atoms with Crippen molar-refractivity contribution in [2.45, 2.75) is 57.8 Å². The van der Waals surface area contributed by atoms with Crippen molar-refractivity contribution in [3.63, 3.8) is 0 Å². The number of carbonyl (C=O) groups excluding carboxylic acids is 1. The average molecular weight is 384 g/mol. The van der Waals surface area contributed by atoms with Crippen molar-refractivity contribution in [1.82, 2.24) is 10.2 Å². The number of benzene rings is 2. The Labute approximate surface area is 166 Å². The second kappa shape index (κ2) is 8.74. The van der Waals surface area contributed by atoms with E-state index in [9.17, 15) is 9.18 Å². The van der Waals surface area contributed by atoms with Crippen LogP contribution in [0, 0.1) is 5.82 Å². The maximum absolute atomic E-state index is 13.1. The van der Waals surface area contributed by atoms with E-state index in [0.717, 1.165) is 24.0 Å². The maximum Gasteiger partial charge on any atom is 0.410 e. The van der Waals surface area contributed by atoms with Gasteiger partial charge < -0.3 is 15.0 Å². The van der Waals surface area contributed by atoms with Gasteiger partial charge in [-0.3, -0.25) is 0 Å². The Bertz CT molecular complexity index is 771. The zero-order valence-electron chi connectivity index (χ0n) is 16.8. The first-order chi connectivity index (χ1) is 13.3. The van der Waals surface area contributed by atoms with Gasteiger partial charge in [-0.1, -0.05) is 42.5 Å². The van der Waals surface area contributed by atoms with E-state index in [1.54, 1.807) is 12.1 Å². The third kappa shape index (κ3) is 5.55. The molecule has 1 saturated heterocycles. The van der Waals surface area contributed by atoms with E-state index in [0.29, 0.717) is 13.1 Å². The molecule has 0 saturated carbocycles. The highest BCUT2D eigenvalue weighted by atomic mass is 19.1. The number of rotatable bonds is 4. The number of amides is 1. The summed E-state index contributed by atoms with van der Waals surface area (Å²) >= 11 is 0. The molecule has 1 N–H and O–H groups in total. The van der Waals surface area contributed by atoms with Crippen molar-refractivity contribution in [2.24, 2.45) is 0 Å². The Morgan fingerprint density at radius 2 is 1.82 bits per heavy atom. The van der Waals surface area contributed by atoms with E-state index >= 15 is 0 Å². The minimum atomic E-state index is -0.518. The Kier molecular flexibility index (Phi) is 6.35. The van der Waals surface area contributed by atoms with Crippen molar-refractivity contribution in [1.29, 1.82) is 0 Å². The number of hydrogen-bond donors (Lipinski definition) is 1. The Hall–Kier alpha value is -2.40. The Morgan fingerprint density at radius 3 is 2.46 bits per heavy atom. The molecule has 0 aliphatic carbocycles. The Morgan fingerprint density at radius 1 is 1.14 bits per heavy atom. The van der Waals surface area contributed by atoms with Gasteiger partial charge in [0.25, 0.3) is 0 Å². The number of nitrogens with one attached hydrogen (secondary N) is 1. The molecule has 4 nitrogen and oxygen atoms in total. The minimum Gasteiger partial charge on any atom is -0.444 e. The molecule has 0 bridgehead atoms. The molecule has 1 aliphatic rings. The lowest BCUT2D eigenvalue weighted by Gasteiger charge is -2.40. The molecule has 0 unspecified atom stereocenters. The zero-order chi connectivity index (χ0) is 20.1. The summed E-state index contributed by atoms with van der Waals surface area (Å²) in [4.78, 5) is 14.6. The first-order valence-electron chi connectivity index (χ1n) is 9.84. The monoisotopic (exact) mass is 384 g/mol. The topological polar surface area (TPSA) is 41.6 Å². The first-order valence-corrected chi connectivity index (χ1v) is 9.84. The molecule has 2 aromatic carbocycles. The molecule has 0 spiro atoms. The minimum absolute atomic E-state index is 0.0319. The number of ether oxygens (including phenoxy) is 1. The quantitative estimate of drug-likeness (QED) is 0.801. The van der Waals surface area contributed by atoms with Crippen molar-refractivity contribution in [3.05, 3.63) is 71.5 Å². The standard InChI is InChI=1S/C23H29FN2O2/c1-23(2,3)28-22(27)26-14-13-20(15-21(26)18-7-5-4-6-8-18)25-16-17-9-11-19(24)12-10-17/h4-12,20-21,25H,13-16H2,1-3H3/t20-,21+/m0/s1. The number of halogens is 1. The van der Waals surface area contributed by atoms with Crippen LogP contribution in [0.5, 0.6) is 0 Å². The van der Waals surface area contributed by atoms with E-state index in [4.69, 9.17) is 4.74 Å². The lowest BCUT2D eigenvalue weighted by atomic mass is 9.92. The summed E-state index contributed by atoms with van der Waals surface area (Å²) in [5.41, 5.74) is 1.64. The molecule has 1 heterocycles. The van der Waals surface area contributed by atoms with Crippen LogP contribution in [0.3, 0.4) is 0 Å². The molecule has 2 aromatic rings. The molecule has 1 amide bonds. The van der Waals surface area contributed by atoms with Crippen molar-refractivity contribution >= 4 is 6.09 Å². The van der Waals surface area contributed by atoms with Crippen LogP contribution in [-0.4, -0.2) is 29.2 Å². The summed E-state index contributed by atoms with van der Waals surface area (Å²) in [6, 6.07) is 16.9. The van der Waals surface area contributed by atoms with Crippen molar-refractivity contribution < 1.29 is 13.9 Å². The molecule has 5 heteroatoms. The lowest BCUT2D eigenvalue weighted by Crippen LogP contribution is -2.48. The summed E-state index contributed by atoms with van der Waals surface area (Å²) in [7, 11) is 0. The maximum atomic E-state index is 13.1. The van der Waals surface area contributed by atoms with E-state index in [-0.39, 0.29) is 24.0 Å². The summed E-state index contributed by atoms with van der Waals surface area (Å²) in [5.74, 6) is -0.224. The molecule has 0 radical (unpaired) electrons. The van der Waals surface area contributed by atoms with Crippen LogP contribution in [0.15, 0.2) is 54.6 Å². The van der Waals surface area contributed by atoms with E-state index < -0.39 is 5.60 Å². The molecule has 150 valence electrons. The van der Waals surface area contributed by atoms with Gasteiger partial charge in [-0.25, -0.2) is 9.18 Å². The van der Waals surface area contributed by atoms with Crippen LogP contribution in [0.4, 0.5) is 9.18 Å². The molecular weight excluding hydrogens is 355 g/mol. The third-order valence-corrected chi connectivity index (χ3v) is 4.92. The summed E-state index contributed by atoms with van der Waals surface area (Å²) < 4.78 is 18.7. The van der Waals surface area contributed by atoms with Gasteiger partial charge in [0.1, 0.15) is 11.4 Å². The van der Waals surface area contributed by atoms with Crippen molar-refractivity contribution in [3.8, 4) is 0 Å². The highest BCUT2D eigenvalue weighted by Crippen LogP contribution is 2.32. The number of carbonyl (C=O) groups is 1. The molecule has 1 aliphatic heterocycles. The fraction of sp³-hybridized carbons (Fsp3) is 0.435. The summed E-state index contributed by atoms with van der Waals surface area (Å²) in [6.07, 6.45) is 1.40. The van der Waals surface area contributed by atoms with Crippen LogP contribution in [-0.2, 0) is 11.3 Å². The third-order valence-electron chi connectivity index (χ3n) is 4.92. The van der Waals surface area contributed by atoms with Gasteiger partial charge in [-0.05, 0) is 56.9 Å². The van der Waals surface area contributed by atoms with E-state index in [1.165, 1.54) is 12.1 Å². The highest BCUT2D eigenvalue weighted by molar-refractivity contribution is 5.69.